The third-order valence-corrected chi connectivity index (χ3v) is 5.86. The minimum atomic E-state index is 0.444. The van der Waals surface area contributed by atoms with Crippen LogP contribution in [0.2, 0.25) is 0 Å². The first-order valence-electron chi connectivity index (χ1n) is 9.89. The molecule has 0 N–H and O–H groups in total. The molecule has 3 aromatic carbocycles. The zero-order valence-electron chi connectivity index (χ0n) is 16.8. The normalized spacial score (nSPS) is 11.9. The van der Waals surface area contributed by atoms with Gasteiger partial charge in [-0.15, -0.1) is 0 Å². The molecular weight excluding hydrogens is 342 g/mol. The van der Waals surface area contributed by atoms with Crippen LogP contribution in [0.3, 0.4) is 0 Å². The van der Waals surface area contributed by atoms with Crippen LogP contribution in [-0.4, -0.2) is 0 Å². The predicted octanol–water partition coefficient (Wildman–Crippen LogP) is 6.66. The highest BCUT2D eigenvalue weighted by Crippen LogP contribution is 2.38. The molecule has 5 rings (SSSR count). The molecule has 0 atom stereocenters. The molecule has 0 saturated carbocycles. The van der Waals surface area contributed by atoms with Crippen molar-refractivity contribution < 1.29 is 8.98 Å². The minimum Gasteiger partial charge on any atom is -0.455 e. The van der Waals surface area contributed by atoms with Crippen LogP contribution in [-0.2, 0) is 7.05 Å². The summed E-state index contributed by atoms with van der Waals surface area (Å²) in [7, 11) is 2.16. The molecule has 0 aliphatic carbocycles. The number of aryl methyl sites for hydroxylation is 2. The summed E-state index contributed by atoms with van der Waals surface area (Å²) in [5, 5.41) is 3.67. The van der Waals surface area contributed by atoms with Gasteiger partial charge in [0.05, 0.1) is 5.56 Å². The lowest BCUT2D eigenvalue weighted by molar-refractivity contribution is -0.633. The van der Waals surface area contributed by atoms with Crippen LogP contribution in [0.15, 0.2) is 71.1 Å². The molecule has 0 aliphatic heterocycles. The van der Waals surface area contributed by atoms with Crippen molar-refractivity contribution in [3.05, 3.63) is 77.9 Å². The molecule has 0 spiro atoms. The van der Waals surface area contributed by atoms with Crippen LogP contribution >= 0.6 is 0 Å². The molecule has 2 nitrogen and oxygen atoms in total. The zero-order chi connectivity index (χ0) is 19.4. The number of furan rings is 1. The smallest absolute Gasteiger partial charge is 0.217 e. The van der Waals surface area contributed by atoms with Gasteiger partial charge in [0, 0.05) is 28.3 Å². The largest absolute Gasteiger partial charge is 0.455 e. The van der Waals surface area contributed by atoms with Gasteiger partial charge in [-0.05, 0) is 36.1 Å². The van der Waals surface area contributed by atoms with Gasteiger partial charge < -0.3 is 4.42 Å². The summed E-state index contributed by atoms with van der Waals surface area (Å²) in [6, 6.07) is 23.7. The molecule has 0 saturated heterocycles. The Morgan fingerprint density at radius 1 is 0.821 bits per heavy atom. The first-order chi connectivity index (χ1) is 13.6. The average Bonchev–Trinajstić information content (AvgIpc) is 3.07. The number of hydrogen-bond donors (Lipinski definition) is 0. The number of nitrogens with zero attached hydrogens (tertiary/aromatic N) is 1. The van der Waals surface area contributed by atoms with E-state index in [0.717, 1.165) is 11.2 Å². The van der Waals surface area contributed by atoms with Crippen molar-refractivity contribution >= 4 is 32.8 Å². The maximum atomic E-state index is 6.37. The molecule has 0 radical (unpaired) electrons. The number of pyridine rings is 1. The average molecular weight is 366 g/mol. The summed E-state index contributed by atoms with van der Waals surface area (Å²) in [6.07, 6.45) is 0. The van der Waals surface area contributed by atoms with E-state index in [4.69, 9.17) is 4.42 Å². The highest BCUT2D eigenvalue weighted by Gasteiger charge is 2.24. The van der Waals surface area contributed by atoms with Crippen molar-refractivity contribution in [3.8, 4) is 11.3 Å². The third-order valence-electron chi connectivity index (χ3n) is 5.86. The van der Waals surface area contributed by atoms with E-state index >= 15 is 0 Å². The summed E-state index contributed by atoms with van der Waals surface area (Å²) in [5.74, 6) is 0.444. The maximum absolute atomic E-state index is 6.37. The topological polar surface area (TPSA) is 17.0 Å². The summed E-state index contributed by atoms with van der Waals surface area (Å²) in [5.41, 5.74) is 8.15. The summed E-state index contributed by atoms with van der Waals surface area (Å²) >= 11 is 0. The number of rotatable bonds is 2. The van der Waals surface area contributed by atoms with Gasteiger partial charge in [-0.2, -0.15) is 4.57 Å². The lowest BCUT2D eigenvalue weighted by atomic mass is 9.93. The second kappa shape index (κ2) is 6.20. The second-order valence-electron chi connectivity index (χ2n) is 7.95. The summed E-state index contributed by atoms with van der Waals surface area (Å²) in [6.45, 7) is 6.70. The van der Waals surface area contributed by atoms with Gasteiger partial charge in [-0.25, -0.2) is 0 Å². The maximum Gasteiger partial charge on any atom is 0.217 e. The van der Waals surface area contributed by atoms with Crippen molar-refractivity contribution in [1.82, 2.24) is 0 Å². The van der Waals surface area contributed by atoms with E-state index in [1.165, 1.54) is 44.1 Å². The van der Waals surface area contributed by atoms with Crippen molar-refractivity contribution in [2.45, 2.75) is 26.7 Å². The van der Waals surface area contributed by atoms with Crippen molar-refractivity contribution in [1.29, 1.82) is 0 Å². The standard InChI is InChI=1S/C26H24NO/c1-16(2)21-15-23(27(4)22-11-7-5-9-18(21)22)25-17(3)13-14-20-19-10-6-8-12-24(19)28-26(20)25/h5-16H,1-4H3/q+1. The second-order valence-corrected chi connectivity index (χ2v) is 7.95. The van der Waals surface area contributed by atoms with Crippen LogP contribution in [0.25, 0.3) is 44.1 Å². The number of hydrogen-bond acceptors (Lipinski definition) is 1. The molecule has 0 amide bonds. The Balaban J connectivity index is 1.94. The molecule has 2 heteroatoms. The fourth-order valence-corrected chi connectivity index (χ4v) is 4.39. The Kier molecular flexibility index (Phi) is 3.77. The van der Waals surface area contributed by atoms with Gasteiger partial charge in [0.25, 0.3) is 0 Å². The zero-order valence-corrected chi connectivity index (χ0v) is 16.8. The van der Waals surface area contributed by atoms with E-state index in [9.17, 15) is 0 Å². The number of fused-ring (bicyclic) bond motifs is 4. The van der Waals surface area contributed by atoms with E-state index in [0.29, 0.717) is 5.92 Å². The first kappa shape index (κ1) is 17.0. The molecule has 28 heavy (non-hydrogen) atoms. The van der Waals surface area contributed by atoms with Gasteiger partial charge in [0.2, 0.25) is 11.2 Å². The molecule has 2 aromatic heterocycles. The number of benzene rings is 3. The molecule has 138 valence electrons. The Labute approximate surface area is 165 Å². The fourth-order valence-electron chi connectivity index (χ4n) is 4.39. The number of para-hydroxylation sites is 2. The number of aromatic nitrogens is 1. The molecule has 0 fully saturated rings. The van der Waals surface area contributed by atoms with Crippen LogP contribution in [0.4, 0.5) is 0 Å². The van der Waals surface area contributed by atoms with Gasteiger partial charge in [0.1, 0.15) is 18.2 Å². The van der Waals surface area contributed by atoms with Gasteiger partial charge in [-0.3, -0.25) is 0 Å². The third kappa shape index (κ3) is 2.37. The Hall–Kier alpha value is -3.13. The van der Waals surface area contributed by atoms with Gasteiger partial charge in [-0.1, -0.05) is 56.3 Å². The lowest BCUT2D eigenvalue weighted by Gasteiger charge is -2.13. The summed E-state index contributed by atoms with van der Waals surface area (Å²) in [4.78, 5) is 0. The Morgan fingerprint density at radius 3 is 2.32 bits per heavy atom. The van der Waals surface area contributed by atoms with E-state index in [-0.39, 0.29) is 0 Å². The van der Waals surface area contributed by atoms with E-state index in [1.807, 2.05) is 12.1 Å². The quantitative estimate of drug-likeness (QED) is 0.319. The molecule has 0 bridgehead atoms. The van der Waals surface area contributed by atoms with Crippen LogP contribution < -0.4 is 4.57 Å². The lowest BCUT2D eigenvalue weighted by Crippen LogP contribution is -2.33. The first-order valence-corrected chi connectivity index (χ1v) is 9.89. The van der Waals surface area contributed by atoms with Crippen molar-refractivity contribution in [2.24, 2.45) is 7.05 Å². The fraction of sp³-hybridized carbons (Fsp3) is 0.192. The van der Waals surface area contributed by atoms with Crippen molar-refractivity contribution in [2.75, 3.05) is 0 Å². The van der Waals surface area contributed by atoms with Gasteiger partial charge in [0.15, 0.2) is 0 Å². The monoisotopic (exact) mass is 366 g/mol. The molecule has 5 aromatic rings. The Bertz CT molecular complexity index is 1360. The highest BCUT2D eigenvalue weighted by molar-refractivity contribution is 6.09. The van der Waals surface area contributed by atoms with Crippen LogP contribution in [0, 0.1) is 6.92 Å². The molecule has 0 unspecified atom stereocenters. The van der Waals surface area contributed by atoms with Gasteiger partial charge >= 0.3 is 0 Å². The molecular formula is C26H24NO+. The van der Waals surface area contributed by atoms with Crippen LogP contribution in [0.1, 0.15) is 30.9 Å². The predicted molar refractivity (Wildman–Crippen MR) is 117 cm³/mol. The minimum absolute atomic E-state index is 0.444. The Morgan fingerprint density at radius 2 is 1.54 bits per heavy atom. The van der Waals surface area contributed by atoms with E-state index in [1.54, 1.807) is 0 Å². The molecule has 2 heterocycles. The van der Waals surface area contributed by atoms with E-state index < -0.39 is 0 Å². The summed E-state index contributed by atoms with van der Waals surface area (Å²) < 4.78 is 8.67. The van der Waals surface area contributed by atoms with Crippen LogP contribution in [0.5, 0.6) is 0 Å². The SMILES string of the molecule is Cc1ccc2c(oc3ccccc32)c1-c1cc(C(C)C)c2ccccc2[n+]1C. The van der Waals surface area contributed by atoms with Crippen molar-refractivity contribution in [3.63, 3.8) is 0 Å². The highest BCUT2D eigenvalue weighted by atomic mass is 16.3. The molecule has 0 aliphatic rings. The van der Waals surface area contributed by atoms with E-state index in [2.05, 4.69) is 87.0 Å².